The van der Waals surface area contributed by atoms with Gasteiger partial charge in [0, 0.05) is 28.7 Å². The second kappa shape index (κ2) is 8.09. The standard InChI is InChI=1S/C24H17N5O2S2/c1-31-14-8-9-17-18(12-14)33-23(25-17)26-19(30)10-11-32-24-27-21-15-6-2-4-13-5-3-7-16(20(13)15)22(21)28-29-24/h2-9,12H,10-11H2,1H3,(H,25,26,30). The highest BCUT2D eigenvalue weighted by Gasteiger charge is 2.24. The lowest BCUT2D eigenvalue weighted by Gasteiger charge is -2.03. The van der Waals surface area contributed by atoms with Crippen LogP contribution in [-0.4, -0.2) is 38.9 Å². The van der Waals surface area contributed by atoms with Crippen LogP contribution in [0.25, 0.3) is 43.5 Å². The Morgan fingerprint density at radius 3 is 2.67 bits per heavy atom. The van der Waals surface area contributed by atoms with Gasteiger partial charge in [-0.15, -0.1) is 10.2 Å². The van der Waals surface area contributed by atoms with Crippen molar-refractivity contribution >= 4 is 55.1 Å². The Hall–Kier alpha value is -3.56. The van der Waals surface area contributed by atoms with Crippen molar-refractivity contribution in [2.45, 2.75) is 11.6 Å². The molecule has 0 aliphatic heterocycles. The van der Waals surface area contributed by atoms with Crippen molar-refractivity contribution in [3.63, 3.8) is 0 Å². The highest BCUT2D eigenvalue weighted by Crippen LogP contribution is 2.44. The van der Waals surface area contributed by atoms with E-state index in [1.165, 1.54) is 33.9 Å². The van der Waals surface area contributed by atoms with E-state index in [1.807, 2.05) is 30.3 Å². The molecule has 0 atom stereocenters. The smallest absolute Gasteiger partial charge is 0.226 e. The number of hydrogen-bond donors (Lipinski definition) is 1. The van der Waals surface area contributed by atoms with Gasteiger partial charge < -0.3 is 10.1 Å². The minimum absolute atomic E-state index is 0.0974. The molecule has 0 radical (unpaired) electrons. The zero-order valence-electron chi connectivity index (χ0n) is 17.5. The Bertz CT molecular complexity index is 1540. The molecule has 1 aliphatic rings. The summed E-state index contributed by atoms with van der Waals surface area (Å²) in [5.41, 5.74) is 4.66. The molecule has 6 rings (SSSR count). The number of carbonyl (C=O) groups is 1. The highest BCUT2D eigenvalue weighted by atomic mass is 32.2. The summed E-state index contributed by atoms with van der Waals surface area (Å²) >= 11 is 2.85. The average Bonchev–Trinajstić information content (AvgIpc) is 3.38. The quantitative estimate of drug-likeness (QED) is 0.325. The number of hydrogen-bond acceptors (Lipinski definition) is 8. The summed E-state index contributed by atoms with van der Waals surface area (Å²) in [7, 11) is 1.63. The number of methoxy groups -OCH3 is 1. The van der Waals surface area contributed by atoms with E-state index in [-0.39, 0.29) is 5.91 Å². The molecule has 0 saturated heterocycles. The second-order valence-corrected chi connectivity index (χ2v) is 9.59. The summed E-state index contributed by atoms with van der Waals surface area (Å²) in [5, 5.41) is 15.1. The molecular weight excluding hydrogens is 454 g/mol. The molecule has 0 fully saturated rings. The fourth-order valence-electron chi connectivity index (χ4n) is 3.98. The first-order valence-electron chi connectivity index (χ1n) is 10.3. The van der Waals surface area contributed by atoms with Gasteiger partial charge in [0.1, 0.15) is 17.1 Å². The summed E-state index contributed by atoms with van der Waals surface area (Å²) in [5.74, 6) is 1.21. The molecule has 5 aromatic rings. The first kappa shape index (κ1) is 20.1. The number of thiazole rings is 1. The van der Waals surface area contributed by atoms with Crippen molar-refractivity contribution in [2.24, 2.45) is 0 Å². The molecule has 1 amide bonds. The van der Waals surface area contributed by atoms with Gasteiger partial charge in [-0.25, -0.2) is 9.97 Å². The maximum Gasteiger partial charge on any atom is 0.226 e. The molecule has 0 saturated carbocycles. The van der Waals surface area contributed by atoms with Crippen LogP contribution in [0, 0.1) is 0 Å². The number of nitrogens with one attached hydrogen (secondary N) is 1. The molecule has 33 heavy (non-hydrogen) atoms. The molecule has 1 aliphatic carbocycles. The summed E-state index contributed by atoms with van der Waals surface area (Å²) in [6, 6.07) is 18.0. The Labute approximate surface area is 197 Å². The van der Waals surface area contributed by atoms with Crippen molar-refractivity contribution in [1.82, 2.24) is 20.2 Å². The van der Waals surface area contributed by atoms with Crippen molar-refractivity contribution in [2.75, 3.05) is 18.2 Å². The largest absolute Gasteiger partial charge is 0.497 e. The van der Waals surface area contributed by atoms with Crippen LogP contribution in [0.4, 0.5) is 5.13 Å². The monoisotopic (exact) mass is 471 g/mol. The predicted octanol–water partition coefficient (Wildman–Crippen LogP) is 5.41. The van der Waals surface area contributed by atoms with Gasteiger partial charge in [-0.05, 0) is 23.6 Å². The van der Waals surface area contributed by atoms with Crippen molar-refractivity contribution in [3.05, 3.63) is 54.6 Å². The topological polar surface area (TPSA) is 89.9 Å². The first-order chi connectivity index (χ1) is 16.2. The van der Waals surface area contributed by atoms with Gasteiger partial charge in [0.25, 0.3) is 0 Å². The fraction of sp³-hybridized carbons (Fsp3) is 0.125. The summed E-state index contributed by atoms with van der Waals surface area (Å²) in [6.07, 6.45) is 0.320. The number of ether oxygens (including phenoxy) is 1. The number of fused-ring (bicyclic) bond motifs is 4. The van der Waals surface area contributed by atoms with Gasteiger partial charge in [-0.2, -0.15) is 0 Å². The van der Waals surface area contributed by atoms with E-state index in [0.29, 0.717) is 22.5 Å². The summed E-state index contributed by atoms with van der Waals surface area (Å²) in [4.78, 5) is 21.6. The lowest BCUT2D eigenvalue weighted by atomic mass is 10.0. The highest BCUT2D eigenvalue weighted by molar-refractivity contribution is 7.99. The molecule has 162 valence electrons. The van der Waals surface area contributed by atoms with Crippen molar-refractivity contribution in [1.29, 1.82) is 0 Å². The van der Waals surface area contributed by atoms with Crippen LogP contribution in [0.15, 0.2) is 59.8 Å². The third-order valence-corrected chi connectivity index (χ3v) is 7.26. The van der Waals surface area contributed by atoms with E-state index in [4.69, 9.17) is 9.72 Å². The van der Waals surface area contributed by atoms with E-state index in [2.05, 4.69) is 44.8 Å². The average molecular weight is 472 g/mol. The third-order valence-electron chi connectivity index (χ3n) is 5.48. The van der Waals surface area contributed by atoms with Crippen LogP contribution in [0.3, 0.4) is 0 Å². The van der Waals surface area contributed by atoms with E-state index in [0.717, 1.165) is 38.5 Å². The summed E-state index contributed by atoms with van der Waals surface area (Å²) in [6.45, 7) is 0. The maximum absolute atomic E-state index is 12.4. The van der Waals surface area contributed by atoms with Gasteiger partial charge in [0.15, 0.2) is 5.13 Å². The predicted molar refractivity (Wildman–Crippen MR) is 132 cm³/mol. The minimum atomic E-state index is -0.0974. The van der Waals surface area contributed by atoms with Gasteiger partial charge in [0.2, 0.25) is 11.1 Å². The number of thioether (sulfide) groups is 1. The SMILES string of the molecule is COc1ccc2nc(NC(=O)CCSc3nnc4c(n3)-c3cccc5cccc-4c35)sc2c1. The normalized spacial score (nSPS) is 11.7. The lowest BCUT2D eigenvalue weighted by Crippen LogP contribution is -2.12. The van der Waals surface area contributed by atoms with Gasteiger partial charge >= 0.3 is 0 Å². The zero-order valence-corrected chi connectivity index (χ0v) is 19.2. The zero-order chi connectivity index (χ0) is 22.4. The number of rotatable bonds is 6. The number of amides is 1. The number of anilines is 1. The van der Waals surface area contributed by atoms with Crippen molar-refractivity contribution in [3.8, 4) is 28.3 Å². The van der Waals surface area contributed by atoms with E-state index < -0.39 is 0 Å². The van der Waals surface area contributed by atoms with E-state index >= 15 is 0 Å². The van der Waals surface area contributed by atoms with Crippen LogP contribution in [0.1, 0.15) is 6.42 Å². The van der Waals surface area contributed by atoms with Crippen LogP contribution in [-0.2, 0) is 4.79 Å². The number of nitrogens with zero attached hydrogens (tertiary/aromatic N) is 4. The fourth-order valence-corrected chi connectivity index (χ4v) is 5.61. The van der Waals surface area contributed by atoms with E-state index in [1.54, 1.807) is 7.11 Å². The Kier molecular flexibility index (Phi) is 4.92. The van der Waals surface area contributed by atoms with Gasteiger partial charge in [0.05, 0.1) is 17.3 Å². The van der Waals surface area contributed by atoms with E-state index in [9.17, 15) is 4.79 Å². The molecule has 9 heteroatoms. The molecule has 2 heterocycles. The van der Waals surface area contributed by atoms with Crippen molar-refractivity contribution < 1.29 is 9.53 Å². The Balaban J connectivity index is 1.12. The minimum Gasteiger partial charge on any atom is -0.497 e. The van der Waals surface area contributed by atoms with Crippen LogP contribution < -0.4 is 10.1 Å². The number of aromatic nitrogens is 4. The molecule has 7 nitrogen and oxygen atoms in total. The molecule has 0 unspecified atom stereocenters. The molecule has 0 bridgehead atoms. The Morgan fingerprint density at radius 1 is 1.03 bits per heavy atom. The molecule has 1 N–H and O–H groups in total. The molecule has 3 aromatic carbocycles. The van der Waals surface area contributed by atoms with Gasteiger partial charge in [-0.1, -0.05) is 59.5 Å². The molecule has 0 spiro atoms. The third kappa shape index (κ3) is 3.59. The van der Waals surface area contributed by atoms with Crippen LogP contribution in [0.5, 0.6) is 5.75 Å². The first-order valence-corrected chi connectivity index (χ1v) is 12.1. The molecule has 2 aromatic heterocycles. The van der Waals surface area contributed by atoms with Gasteiger partial charge in [-0.3, -0.25) is 4.79 Å². The van der Waals surface area contributed by atoms with Crippen LogP contribution in [0.2, 0.25) is 0 Å². The number of carbonyl (C=O) groups excluding carboxylic acids is 1. The Morgan fingerprint density at radius 2 is 1.85 bits per heavy atom. The maximum atomic E-state index is 12.4. The lowest BCUT2D eigenvalue weighted by molar-refractivity contribution is -0.115. The molecular formula is C24H17N5O2S2. The number of benzene rings is 3. The second-order valence-electron chi connectivity index (χ2n) is 7.50. The van der Waals surface area contributed by atoms with Crippen LogP contribution >= 0.6 is 23.1 Å². The summed E-state index contributed by atoms with van der Waals surface area (Å²) < 4.78 is 6.21.